The number of rotatable bonds is 3. The third-order valence-corrected chi connectivity index (χ3v) is 3.37. The van der Waals surface area contributed by atoms with Gasteiger partial charge in [-0.25, -0.2) is 0 Å². The molecule has 0 N–H and O–H groups in total. The van der Waals surface area contributed by atoms with E-state index in [0.29, 0.717) is 6.10 Å². The summed E-state index contributed by atoms with van der Waals surface area (Å²) in [6.45, 7) is 8.39. The van der Waals surface area contributed by atoms with Crippen LogP contribution in [0.25, 0.3) is 0 Å². The normalized spacial score (nSPS) is 33.5. The van der Waals surface area contributed by atoms with Crippen LogP contribution in [0.4, 0.5) is 0 Å². The first-order valence-corrected chi connectivity index (χ1v) is 5.82. The Balaban J connectivity index is 1.80. The van der Waals surface area contributed by atoms with Crippen LogP contribution in [0.3, 0.4) is 0 Å². The molecular formula is C12H21NO. The lowest BCUT2D eigenvalue weighted by Gasteiger charge is -2.42. The van der Waals surface area contributed by atoms with Gasteiger partial charge in [-0.15, -0.1) is 0 Å². The average Bonchev–Trinajstić information content (AvgIpc) is 1.99. The smallest absolute Gasteiger partial charge is 0.0997 e. The van der Waals surface area contributed by atoms with Gasteiger partial charge in [-0.3, -0.25) is 0 Å². The molecule has 2 heteroatoms. The summed E-state index contributed by atoms with van der Waals surface area (Å²) in [5.41, 5.74) is 0. The Morgan fingerprint density at radius 3 is 2.64 bits per heavy atom. The van der Waals surface area contributed by atoms with Gasteiger partial charge in [0.25, 0.3) is 0 Å². The Morgan fingerprint density at radius 1 is 1.29 bits per heavy atom. The number of hydrogen-bond acceptors (Lipinski definition) is 2. The van der Waals surface area contributed by atoms with Crippen molar-refractivity contribution in [2.75, 3.05) is 13.1 Å². The van der Waals surface area contributed by atoms with Crippen LogP contribution >= 0.6 is 0 Å². The number of nitrogens with zero attached hydrogens (tertiary/aromatic N) is 1. The second kappa shape index (κ2) is 4.35. The molecule has 1 aliphatic heterocycles. The Bertz CT molecular complexity index is 210. The molecular weight excluding hydrogens is 174 g/mol. The Hall–Kier alpha value is -0.500. The molecule has 2 rings (SSSR count). The van der Waals surface area contributed by atoms with E-state index in [1.54, 1.807) is 0 Å². The SMILES string of the molecule is C=C(C)OC1CCCC(N2CCC2)C1. The van der Waals surface area contributed by atoms with E-state index in [4.69, 9.17) is 4.74 Å². The van der Waals surface area contributed by atoms with Crippen LogP contribution in [0.1, 0.15) is 39.0 Å². The van der Waals surface area contributed by atoms with Crippen LogP contribution < -0.4 is 0 Å². The maximum absolute atomic E-state index is 5.72. The molecule has 0 amide bonds. The molecule has 0 spiro atoms. The van der Waals surface area contributed by atoms with E-state index in [0.717, 1.165) is 11.8 Å². The molecule has 0 aromatic carbocycles. The van der Waals surface area contributed by atoms with E-state index in [1.165, 1.54) is 45.2 Å². The van der Waals surface area contributed by atoms with E-state index < -0.39 is 0 Å². The Morgan fingerprint density at radius 2 is 2.07 bits per heavy atom. The number of ether oxygens (including phenoxy) is 1. The van der Waals surface area contributed by atoms with Gasteiger partial charge >= 0.3 is 0 Å². The molecule has 2 fully saturated rings. The van der Waals surface area contributed by atoms with Gasteiger partial charge in [0.15, 0.2) is 0 Å². The van der Waals surface area contributed by atoms with E-state index in [1.807, 2.05) is 6.92 Å². The van der Waals surface area contributed by atoms with E-state index in [9.17, 15) is 0 Å². The minimum Gasteiger partial charge on any atom is -0.496 e. The summed E-state index contributed by atoms with van der Waals surface area (Å²) in [4.78, 5) is 2.61. The molecule has 1 saturated heterocycles. The summed E-state index contributed by atoms with van der Waals surface area (Å²) in [5.74, 6) is 0.874. The monoisotopic (exact) mass is 195 g/mol. The first kappa shape index (κ1) is 10.0. The van der Waals surface area contributed by atoms with Crippen molar-refractivity contribution in [2.45, 2.75) is 51.2 Å². The fourth-order valence-corrected chi connectivity index (χ4v) is 2.55. The second-order valence-corrected chi connectivity index (χ2v) is 4.65. The summed E-state index contributed by atoms with van der Waals surface area (Å²) >= 11 is 0. The lowest BCUT2D eigenvalue weighted by atomic mass is 9.90. The van der Waals surface area contributed by atoms with Crippen LogP contribution in [0.2, 0.25) is 0 Å². The first-order valence-electron chi connectivity index (χ1n) is 5.82. The zero-order valence-electron chi connectivity index (χ0n) is 9.17. The highest BCUT2D eigenvalue weighted by molar-refractivity contribution is 4.87. The number of likely N-dealkylation sites (tertiary alicyclic amines) is 1. The highest BCUT2D eigenvalue weighted by Crippen LogP contribution is 2.28. The Labute approximate surface area is 86.9 Å². The summed E-state index contributed by atoms with van der Waals surface area (Å²) in [6, 6.07) is 0.793. The molecule has 80 valence electrons. The van der Waals surface area contributed by atoms with E-state index in [2.05, 4.69) is 11.5 Å². The van der Waals surface area contributed by atoms with Crippen LogP contribution in [0.5, 0.6) is 0 Å². The highest BCUT2D eigenvalue weighted by Gasteiger charge is 2.30. The molecule has 1 heterocycles. The third kappa shape index (κ3) is 2.30. The maximum Gasteiger partial charge on any atom is 0.0997 e. The minimum absolute atomic E-state index is 0.437. The predicted octanol–water partition coefficient (Wildman–Crippen LogP) is 2.55. The molecule has 1 saturated carbocycles. The van der Waals surface area contributed by atoms with Gasteiger partial charge in [0.05, 0.1) is 11.9 Å². The van der Waals surface area contributed by atoms with Gasteiger partial charge in [-0.05, 0) is 52.1 Å². The average molecular weight is 195 g/mol. The van der Waals surface area contributed by atoms with E-state index >= 15 is 0 Å². The Kier molecular flexibility index (Phi) is 3.12. The van der Waals surface area contributed by atoms with Crippen LogP contribution in [0.15, 0.2) is 12.3 Å². The molecule has 2 aliphatic rings. The second-order valence-electron chi connectivity index (χ2n) is 4.65. The van der Waals surface area contributed by atoms with Crippen LogP contribution in [-0.2, 0) is 4.74 Å². The maximum atomic E-state index is 5.72. The van der Waals surface area contributed by atoms with Crippen molar-refractivity contribution in [3.05, 3.63) is 12.3 Å². The van der Waals surface area contributed by atoms with Gasteiger partial charge in [0.2, 0.25) is 0 Å². The molecule has 0 aromatic heterocycles. The van der Waals surface area contributed by atoms with Gasteiger partial charge in [-0.1, -0.05) is 6.58 Å². The summed E-state index contributed by atoms with van der Waals surface area (Å²) in [5, 5.41) is 0. The summed E-state index contributed by atoms with van der Waals surface area (Å²) in [7, 11) is 0. The number of hydrogen-bond donors (Lipinski definition) is 0. The van der Waals surface area contributed by atoms with Crippen LogP contribution in [0, 0.1) is 0 Å². The molecule has 1 aliphatic carbocycles. The molecule has 2 unspecified atom stereocenters. The van der Waals surface area contributed by atoms with E-state index in [-0.39, 0.29) is 0 Å². The quantitative estimate of drug-likeness (QED) is 0.642. The fraction of sp³-hybridized carbons (Fsp3) is 0.833. The zero-order chi connectivity index (χ0) is 9.97. The van der Waals surface area contributed by atoms with Crippen molar-refractivity contribution in [3.8, 4) is 0 Å². The van der Waals surface area contributed by atoms with Crippen molar-refractivity contribution in [3.63, 3.8) is 0 Å². The van der Waals surface area contributed by atoms with Gasteiger partial charge in [0.1, 0.15) is 0 Å². The molecule has 2 atom stereocenters. The van der Waals surface area contributed by atoms with Gasteiger partial charge in [-0.2, -0.15) is 0 Å². The number of allylic oxidation sites excluding steroid dienone is 1. The highest BCUT2D eigenvalue weighted by atomic mass is 16.5. The van der Waals surface area contributed by atoms with Crippen molar-refractivity contribution < 1.29 is 4.74 Å². The lowest BCUT2D eigenvalue weighted by Crippen LogP contribution is -2.48. The van der Waals surface area contributed by atoms with Gasteiger partial charge < -0.3 is 9.64 Å². The topological polar surface area (TPSA) is 12.5 Å². The standard InChI is InChI=1S/C12H21NO/c1-10(2)14-12-6-3-5-11(9-12)13-7-4-8-13/h11-12H,1,3-9H2,2H3. The molecule has 0 aromatic rings. The molecule has 0 radical (unpaired) electrons. The molecule has 0 bridgehead atoms. The summed E-state index contributed by atoms with van der Waals surface area (Å²) in [6.07, 6.45) is 6.95. The third-order valence-electron chi connectivity index (χ3n) is 3.37. The van der Waals surface area contributed by atoms with Crippen molar-refractivity contribution in [1.82, 2.24) is 4.90 Å². The molecule has 14 heavy (non-hydrogen) atoms. The molecule has 2 nitrogen and oxygen atoms in total. The van der Waals surface area contributed by atoms with Crippen molar-refractivity contribution in [2.24, 2.45) is 0 Å². The van der Waals surface area contributed by atoms with Crippen molar-refractivity contribution >= 4 is 0 Å². The van der Waals surface area contributed by atoms with Crippen LogP contribution in [-0.4, -0.2) is 30.1 Å². The zero-order valence-corrected chi connectivity index (χ0v) is 9.17. The summed E-state index contributed by atoms with van der Waals surface area (Å²) < 4.78 is 5.72. The predicted molar refractivity (Wildman–Crippen MR) is 58.1 cm³/mol. The van der Waals surface area contributed by atoms with Crippen molar-refractivity contribution in [1.29, 1.82) is 0 Å². The lowest BCUT2D eigenvalue weighted by molar-refractivity contribution is 0.0161. The first-order chi connectivity index (χ1) is 6.75. The fourth-order valence-electron chi connectivity index (χ4n) is 2.55. The van der Waals surface area contributed by atoms with Gasteiger partial charge in [0, 0.05) is 6.04 Å². The largest absolute Gasteiger partial charge is 0.496 e. The minimum atomic E-state index is 0.437.